The highest BCUT2D eigenvalue weighted by atomic mass is 16.6. The highest BCUT2D eigenvalue weighted by Gasteiger charge is 2.20. The van der Waals surface area contributed by atoms with Gasteiger partial charge in [0.2, 0.25) is 6.04 Å². The van der Waals surface area contributed by atoms with Crippen molar-refractivity contribution in [2.45, 2.75) is 31.9 Å². The Kier molecular flexibility index (Phi) is 4.72. The average Bonchev–Trinajstić information content (AvgIpc) is 1.86. The molecule has 0 aliphatic heterocycles. The van der Waals surface area contributed by atoms with E-state index < -0.39 is 17.1 Å². The molecule has 2 atom stereocenters. The Morgan fingerprint density at radius 2 is 2.18 bits per heavy atom. The Bertz CT molecular complexity index is 126. The number of nitrogens with zero attached hydrogens (tertiary/aromatic N) is 1. The molecule has 0 aliphatic carbocycles. The molecule has 0 saturated carbocycles. The lowest BCUT2D eigenvalue weighted by Gasteiger charge is -2.08. The number of hydrogen-bond donors (Lipinski definition) is 2. The second-order valence-electron chi connectivity index (χ2n) is 2.54. The summed E-state index contributed by atoms with van der Waals surface area (Å²) in [5.74, 6) is 0. The summed E-state index contributed by atoms with van der Waals surface area (Å²) in [6.07, 6.45) is -0.470. The van der Waals surface area contributed by atoms with Crippen molar-refractivity contribution in [2.75, 3.05) is 6.61 Å². The normalized spacial score (nSPS) is 15.9. The van der Waals surface area contributed by atoms with Crippen LogP contribution in [0.3, 0.4) is 0 Å². The topological polar surface area (TPSA) is 83.6 Å². The van der Waals surface area contributed by atoms with Gasteiger partial charge in [-0.05, 0) is 6.92 Å². The molecule has 0 spiro atoms. The molecule has 0 fully saturated rings. The Balaban J connectivity index is 3.79. The van der Waals surface area contributed by atoms with Crippen molar-refractivity contribution in [3.8, 4) is 0 Å². The van der Waals surface area contributed by atoms with Crippen molar-refractivity contribution >= 4 is 0 Å². The second kappa shape index (κ2) is 5.03. The van der Waals surface area contributed by atoms with Crippen molar-refractivity contribution in [2.24, 2.45) is 0 Å². The van der Waals surface area contributed by atoms with Crippen molar-refractivity contribution in [1.82, 2.24) is 0 Å². The molecule has 0 amide bonds. The van der Waals surface area contributed by atoms with Gasteiger partial charge in [0.05, 0.1) is 6.10 Å². The summed E-state index contributed by atoms with van der Waals surface area (Å²) in [6, 6.07) is -0.819. The fraction of sp³-hybridized carbons (Fsp3) is 1.00. The number of hydrogen-bond acceptors (Lipinski definition) is 4. The van der Waals surface area contributed by atoms with Crippen molar-refractivity contribution in [3.05, 3.63) is 10.1 Å². The third-order valence-electron chi connectivity index (χ3n) is 1.37. The Labute approximate surface area is 64.8 Å². The highest BCUT2D eigenvalue weighted by Crippen LogP contribution is 2.05. The van der Waals surface area contributed by atoms with Crippen LogP contribution < -0.4 is 0 Å². The number of rotatable bonds is 5. The molecule has 5 heteroatoms. The molecule has 66 valence electrons. The van der Waals surface area contributed by atoms with Gasteiger partial charge in [-0.15, -0.1) is 0 Å². The molecule has 5 nitrogen and oxygen atoms in total. The Morgan fingerprint density at radius 1 is 1.64 bits per heavy atom. The van der Waals surface area contributed by atoms with Crippen LogP contribution in [0.5, 0.6) is 0 Å². The summed E-state index contributed by atoms with van der Waals surface area (Å²) in [4.78, 5) is 9.74. The molecule has 0 heterocycles. The molecule has 0 aliphatic rings. The summed E-state index contributed by atoms with van der Waals surface area (Å²) in [5.41, 5.74) is 0. The summed E-state index contributed by atoms with van der Waals surface area (Å²) < 4.78 is 0. The molecular weight excluding hydrogens is 150 g/mol. The van der Waals surface area contributed by atoms with Crippen molar-refractivity contribution in [1.29, 1.82) is 0 Å². The van der Waals surface area contributed by atoms with E-state index in [4.69, 9.17) is 10.2 Å². The van der Waals surface area contributed by atoms with Crippen LogP contribution in [0, 0.1) is 10.1 Å². The van der Waals surface area contributed by atoms with E-state index in [-0.39, 0.29) is 19.4 Å². The summed E-state index contributed by atoms with van der Waals surface area (Å²) in [6.45, 7) is 1.28. The molecule has 2 unspecified atom stereocenters. The Hall–Kier alpha value is -0.680. The van der Waals surface area contributed by atoms with Crippen LogP contribution in [-0.4, -0.2) is 33.9 Å². The lowest BCUT2D eigenvalue weighted by molar-refractivity contribution is -0.526. The zero-order chi connectivity index (χ0) is 8.85. The van der Waals surface area contributed by atoms with Gasteiger partial charge in [0.25, 0.3) is 0 Å². The van der Waals surface area contributed by atoms with Crippen LogP contribution in [0.25, 0.3) is 0 Å². The lowest BCUT2D eigenvalue weighted by atomic mass is 10.1. The van der Waals surface area contributed by atoms with Gasteiger partial charge < -0.3 is 10.2 Å². The number of aliphatic hydroxyl groups is 2. The van der Waals surface area contributed by atoms with Crippen molar-refractivity contribution < 1.29 is 15.1 Å². The molecule has 0 aromatic rings. The maximum Gasteiger partial charge on any atom is 0.217 e. The zero-order valence-corrected chi connectivity index (χ0v) is 6.43. The number of aliphatic hydroxyl groups excluding tert-OH is 2. The molecule has 0 saturated heterocycles. The molecule has 2 N–H and O–H groups in total. The van der Waals surface area contributed by atoms with E-state index >= 15 is 0 Å². The molecule has 0 rings (SSSR count). The smallest absolute Gasteiger partial charge is 0.217 e. The molecule has 11 heavy (non-hydrogen) atoms. The van der Waals surface area contributed by atoms with Crippen LogP contribution in [0.4, 0.5) is 0 Å². The minimum Gasteiger partial charge on any atom is -0.396 e. The number of nitro groups is 1. The largest absolute Gasteiger partial charge is 0.396 e. The average molecular weight is 163 g/mol. The standard InChI is InChI=1S/C6H13NO4/c1-5(9)4-6(2-3-8)7(10)11/h5-6,8-9H,2-4H2,1H3. The fourth-order valence-corrected chi connectivity index (χ4v) is 0.852. The van der Waals surface area contributed by atoms with Gasteiger partial charge in [-0.2, -0.15) is 0 Å². The predicted octanol–water partition coefficient (Wildman–Crippen LogP) is -0.215. The first-order chi connectivity index (χ1) is 5.07. The minimum atomic E-state index is -0.819. The van der Waals surface area contributed by atoms with Crippen LogP contribution in [-0.2, 0) is 0 Å². The van der Waals surface area contributed by atoms with Crippen LogP contribution in [0.15, 0.2) is 0 Å². The van der Waals surface area contributed by atoms with Crippen LogP contribution in [0.1, 0.15) is 19.8 Å². The van der Waals surface area contributed by atoms with Gasteiger partial charge in [0.15, 0.2) is 0 Å². The zero-order valence-electron chi connectivity index (χ0n) is 6.43. The molecular formula is C6H13NO4. The highest BCUT2D eigenvalue weighted by molar-refractivity contribution is 4.59. The summed E-state index contributed by atoms with van der Waals surface area (Å²) in [7, 11) is 0. The second-order valence-corrected chi connectivity index (χ2v) is 2.54. The van der Waals surface area contributed by atoms with Crippen molar-refractivity contribution in [3.63, 3.8) is 0 Å². The van der Waals surface area contributed by atoms with Crippen LogP contribution >= 0.6 is 0 Å². The summed E-state index contributed by atoms with van der Waals surface area (Å²) >= 11 is 0. The van der Waals surface area contributed by atoms with Gasteiger partial charge in [-0.25, -0.2) is 0 Å². The van der Waals surface area contributed by atoms with Gasteiger partial charge >= 0.3 is 0 Å². The molecule has 0 bridgehead atoms. The van der Waals surface area contributed by atoms with Crippen LogP contribution in [0.2, 0.25) is 0 Å². The SMILES string of the molecule is CC(O)CC(CCO)[N+](=O)[O-]. The van der Waals surface area contributed by atoms with Gasteiger partial charge in [0, 0.05) is 24.4 Å². The molecule has 0 aromatic carbocycles. The minimum absolute atomic E-state index is 0.105. The maximum absolute atomic E-state index is 10.2. The first-order valence-corrected chi connectivity index (χ1v) is 3.50. The fourth-order valence-electron chi connectivity index (χ4n) is 0.852. The predicted molar refractivity (Wildman–Crippen MR) is 38.8 cm³/mol. The van der Waals surface area contributed by atoms with E-state index in [0.29, 0.717) is 0 Å². The maximum atomic E-state index is 10.2. The summed E-state index contributed by atoms with van der Waals surface area (Å²) in [5, 5.41) is 27.4. The van der Waals surface area contributed by atoms with Gasteiger partial charge in [0.1, 0.15) is 0 Å². The quantitative estimate of drug-likeness (QED) is 0.433. The van der Waals surface area contributed by atoms with Gasteiger partial charge in [-0.1, -0.05) is 0 Å². The van der Waals surface area contributed by atoms with E-state index in [0.717, 1.165) is 0 Å². The van der Waals surface area contributed by atoms with Gasteiger partial charge in [-0.3, -0.25) is 10.1 Å². The third-order valence-corrected chi connectivity index (χ3v) is 1.37. The van der Waals surface area contributed by atoms with E-state index in [1.165, 1.54) is 6.92 Å². The molecule has 0 aromatic heterocycles. The third kappa shape index (κ3) is 4.69. The van der Waals surface area contributed by atoms with E-state index in [1.54, 1.807) is 0 Å². The first-order valence-electron chi connectivity index (χ1n) is 3.50. The Morgan fingerprint density at radius 3 is 2.45 bits per heavy atom. The monoisotopic (exact) mass is 163 g/mol. The van der Waals surface area contributed by atoms with E-state index in [2.05, 4.69) is 0 Å². The lowest BCUT2D eigenvalue weighted by Crippen LogP contribution is -2.25. The van der Waals surface area contributed by atoms with E-state index in [1.807, 2.05) is 0 Å². The molecule has 0 radical (unpaired) electrons. The first kappa shape index (κ1) is 10.3. The van der Waals surface area contributed by atoms with E-state index in [9.17, 15) is 10.1 Å².